The van der Waals surface area contributed by atoms with E-state index < -0.39 is 11.7 Å². The predicted octanol–water partition coefficient (Wildman–Crippen LogP) is 2.60. The Morgan fingerprint density at radius 2 is 2.15 bits per heavy atom. The smallest absolute Gasteiger partial charge is 0.407 e. The molecule has 0 radical (unpaired) electrons. The molecule has 0 saturated carbocycles. The number of nitrogens with zero attached hydrogens (tertiary/aromatic N) is 3. The van der Waals surface area contributed by atoms with Gasteiger partial charge in [-0.3, -0.25) is 5.10 Å². The Morgan fingerprint density at radius 1 is 1.33 bits per heavy atom. The van der Waals surface area contributed by atoms with Crippen LogP contribution in [0.4, 0.5) is 10.6 Å². The van der Waals surface area contributed by atoms with Gasteiger partial charge in [0, 0.05) is 12.6 Å². The van der Waals surface area contributed by atoms with Gasteiger partial charge in [-0.2, -0.15) is 10.2 Å². The van der Waals surface area contributed by atoms with Crippen LogP contribution in [0.2, 0.25) is 0 Å². The van der Waals surface area contributed by atoms with Crippen LogP contribution in [0.25, 0.3) is 16.9 Å². The summed E-state index contributed by atoms with van der Waals surface area (Å²) in [6.45, 7) is 6.34. The number of hydrogen-bond donors (Lipinski definition) is 3. The van der Waals surface area contributed by atoms with Gasteiger partial charge in [0.25, 0.3) is 0 Å². The molecule has 4 N–H and O–H groups in total. The SMILES string of the molecule is CC(C)(C)OC(=O)NCCCOc1ccc2ccnn2c1-c1cc(N)n[nH]1. The number of nitrogen functional groups attached to an aromatic ring is 1. The number of pyridine rings is 1. The topological polar surface area (TPSA) is 120 Å². The number of hydrogen-bond acceptors (Lipinski definition) is 6. The lowest BCUT2D eigenvalue weighted by Gasteiger charge is -2.19. The third-order valence-corrected chi connectivity index (χ3v) is 3.62. The molecule has 0 aromatic carbocycles. The number of carbonyl (C=O) groups is 1. The monoisotopic (exact) mass is 372 g/mol. The highest BCUT2D eigenvalue weighted by atomic mass is 16.6. The molecule has 0 saturated heterocycles. The van der Waals surface area contributed by atoms with Crippen molar-refractivity contribution in [2.75, 3.05) is 18.9 Å². The number of nitrogens with two attached hydrogens (primary N) is 1. The van der Waals surface area contributed by atoms with E-state index in [1.165, 1.54) is 0 Å². The first-order valence-corrected chi connectivity index (χ1v) is 8.71. The van der Waals surface area contributed by atoms with Crippen LogP contribution in [0, 0.1) is 0 Å². The molecule has 0 atom stereocenters. The molecule has 0 fully saturated rings. The normalized spacial score (nSPS) is 11.5. The fourth-order valence-electron chi connectivity index (χ4n) is 2.55. The van der Waals surface area contributed by atoms with Crippen molar-refractivity contribution in [3.63, 3.8) is 0 Å². The summed E-state index contributed by atoms with van der Waals surface area (Å²) in [5.74, 6) is 1.04. The van der Waals surface area contributed by atoms with Crippen LogP contribution in [0.1, 0.15) is 27.2 Å². The lowest BCUT2D eigenvalue weighted by Crippen LogP contribution is -2.33. The largest absolute Gasteiger partial charge is 0.491 e. The molecule has 3 aromatic rings. The Morgan fingerprint density at radius 3 is 2.85 bits per heavy atom. The quantitative estimate of drug-likeness (QED) is 0.572. The third-order valence-electron chi connectivity index (χ3n) is 3.62. The van der Waals surface area contributed by atoms with Gasteiger partial charge in [-0.15, -0.1) is 0 Å². The Bertz CT molecular complexity index is 925. The molecule has 0 bridgehead atoms. The Balaban J connectivity index is 1.63. The average Bonchev–Trinajstić information content (AvgIpc) is 3.21. The summed E-state index contributed by atoms with van der Waals surface area (Å²) < 4.78 is 12.9. The predicted molar refractivity (Wildman–Crippen MR) is 102 cm³/mol. The van der Waals surface area contributed by atoms with Crippen molar-refractivity contribution in [2.24, 2.45) is 0 Å². The van der Waals surface area contributed by atoms with Crippen LogP contribution in [-0.2, 0) is 4.74 Å². The van der Waals surface area contributed by atoms with Crippen molar-refractivity contribution in [3.8, 4) is 17.1 Å². The van der Waals surface area contributed by atoms with E-state index in [0.29, 0.717) is 36.8 Å². The van der Waals surface area contributed by atoms with Gasteiger partial charge in [-0.1, -0.05) is 0 Å². The van der Waals surface area contributed by atoms with Crippen molar-refractivity contribution < 1.29 is 14.3 Å². The molecular formula is C18H24N6O3. The zero-order valence-corrected chi connectivity index (χ0v) is 15.7. The minimum Gasteiger partial charge on any atom is -0.491 e. The van der Waals surface area contributed by atoms with Crippen molar-refractivity contribution in [1.82, 2.24) is 25.1 Å². The molecule has 9 nitrogen and oxygen atoms in total. The molecule has 27 heavy (non-hydrogen) atoms. The molecule has 0 spiro atoms. The van der Waals surface area contributed by atoms with E-state index in [-0.39, 0.29) is 0 Å². The van der Waals surface area contributed by atoms with E-state index in [9.17, 15) is 4.79 Å². The minimum absolute atomic E-state index is 0.390. The molecule has 3 heterocycles. The van der Waals surface area contributed by atoms with Gasteiger partial charge in [0.1, 0.15) is 22.9 Å². The van der Waals surface area contributed by atoms with Gasteiger partial charge >= 0.3 is 6.09 Å². The fourth-order valence-corrected chi connectivity index (χ4v) is 2.55. The first kappa shape index (κ1) is 18.6. The van der Waals surface area contributed by atoms with Crippen LogP contribution >= 0.6 is 0 Å². The number of H-pyrrole nitrogens is 1. The molecule has 1 amide bonds. The number of carbonyl (C=O) groups excluding carboxylic acids is 1. The number of nitrogens with one attached hydrogen (secondary N) is 2. The van der Waals surface area contributed by atoms with Gasteiger partial charge < -0.3 is 20.5 Å². The molecule has 0 aliphatic rings. The van der Waals surface area contributed by atoms with Crippen molar-refractivity contribution in [1.29, 1.82) is 0 Å². The fraction of sp³-hybridized carbons (Fsp3) is 0.389. The first-order valence-electron chi connectivity index (χ1n) is 8.71. The lowest BCUT2D eigenvalue weighted by molar-refractivity contribution is 0.0525. The van der Waals surface area contributed by atoms with Gasteiger partial charge in [-0.25, -0.2) is 9.31 Å². The van der Waals surface area contributed by atoms with E-state index in [4.69, 9.17) is 15.2 Å². The van der Waals surface area contributed by atoms with Gasteiger partial charge in [-0.05, 0) is 45.4 Å². The second-order valence-electron chi connectivity index (χ2n) is 7.05. The summed E-state index contributed by atoms with van der Waals surface area (Å²) in [6, 6.07) is 7.43. The number of alkyl carbamates (subject to hydrolysis) is 1. The number of amides is 1. The lowest BCUT2D eigenvalue weighted by atomic mass is 10.2. The number of rotatable bonds is 6. The molecule has 144 valence electrons. The maximum absolute atomic E-state index is 11.6. The van der Waals surface area contributed by atoms with Crippen molar-refractivity contribution >= 4 is 17.4 Å². The Hall–Kier alpha value is -3.23. The number of fused-ring (bicyclic) bond motifs is 1. The van der Waals surface area contributed by atoms with Gasteiger partial charge in [0.2, 0.25) is 0 Å². The minimum atomic E-state index is -0.513. The van der Waals surface area contributed by atoms with Crippen LogP contribution in [-0.4, -0.2) is 44.7 Å². The van der Waals surface area contributed by atoms with Gasteiger partial charge in [0.05, 0.1) is 24.0 Å². The second-order valence-corrected chi connectivity index (χ2v) is 7.05. The number of anilines is 1. The number of aromatic amines is 1. The van der Waals surface area contributed by atoms with Crippen LogP contribution in [0.3, 0.4) is 0 Å². The summed E-state index contributed by atoms with van der Waals surface area (Å²) in [7, 11) is 0. The Labute approximate surface area is 156 Å². The van der Waals surface area contributed by atoms with Crippen LogP contribution in [0.15, 0.2) is 30.5 Å². The second kappa shape index (κ2) is 7.56. The highest BCUT2D eigenvalue weighted by Gasteiger charge is 2.16. The molecule has 0 aliphatic heterocycles. The molecule has 0 unspecified atom stereocenters. The van der Waals surface area contributed by atoms with E-state index in [0.717, 1.165) is 11.2 Å². The Kier molecular flexibility index (Phi) is 5.20. The molecular weight excluding hydrogens is 348 g/mol. The first-order chi connectivity index (χ1) is 12.8. The molecule has 0 aliphatic carbocycles. The standard InChI is InChI=1S/C18H24N6O3/c1-18(2,3)27-17(25)20-8-4-10-26-14-6-5-12-7-9-21-24(12)16(14)13-11-15(19)23-22-13/h5-7,9,11H,4,8,10H2,1-3H3,(H,20,25)(H3,19,22,23). The highest BCUT2D eigenvalue weighted by Crippen LogP contribution is 2.30. The zero-order chi connectivity index (χ0) is 19.4. The van der Waals surface area contributed by atoms with E-state index in [2.05, 4.69) is 20.6 Å². The summed E-state index contributed by atoms with van der Waals surface area (Å²) >= 11 is 0. The van der Waals surface area contributed by atoms with Crippen LogP contribution < -0.4 is 15.8 Å². The summed E-state index contributed by atoms with van der Waals surface area (Å²) in [5.41, 5.74) is 7.60. The van der Waals surface area contributed by atoms with Crippen molar-refractivity contribution in [3.05, 3.63) is 30.5 Å². The highest BCUT2D eigenvalue weighted by molar-refractivity contribution is 5.69. The van der Waals surface area contributed by atoms with E-state index in [1.54, 1.807) is 16.8 Å². The van der Waals surface area contributed by atoms with Gasteiger partial charge in [0.15, 0.2) is 0 Å². The number of ether oxygens (including phenoxy) is 2. The number of aromatic nitrogens is 4. The maximum Gasteiger partial charge on any atom is 0.407 e. The maximum atomic E-state index is 11.6. The van der Waals surface area contributed by atoms with E-state index in [1.807, 2.05) is 39.0 Å². The molecule has 3 rings (SSSR count). The average molecular weight is 372 g/mol. The van der Waals surface area contributed by atoms with Crippen LogP contribution in [0.5, 0.6) is 5.75 Å². The van der Waals surface area contributed by atoms with Crippen molar-refractivity contribution in [2.45, 2.75) is 32.8 Å². The third kappa shape index (κ3) is 4.69. The molecule has 9 heteroatoms. The van der Waals surface area contributed by atoms with E-state index >= 15 is 0 Å². The molecule has 3 aromatic heterocycles. The summed E-state index contributed by atoms with van der Waals surface area (Å²) in [5, 5.41) is 13.9. The summed E-state index contributed by atoms with van der Waals surface area (Å²) in [6.07, 6.45) is 1.91. The zero-order valence-electron chi connectivity index (χ0n) is 15.7. The summed E-state index contributed by atoms with van der Waals surface area (Å²) in [4.78, 5) is 11.6.